The Morgan fingerprint density at radius 1 is 1.56 bits per heavy atom. The van der Waals surface area contributed by atoms with E-state index in [-0.39, 0.29) is 18.0 Å². The van der Waals surface area contributed by atoms with E-state index in [0.717, 1.165) is 0 Å². The first-order chi connectivity index (χ1) is 7.60. The molecule has 5 nitrogen and oxygen atoms in total. The summed E-state index contributed by atoms with van der Waals surface area (Å²) in [5.41, 5.74) is 0.291. The molecule has 1 aromatic heterocycles. The van der Waals surface area contributed by atoms with Crippen LogP contribution in [0.5, 0.6) is 0 Å². The molecule has 0 radical (unpaired) electrons. The van der Waals surface area contributed by atoms with E-state index in [9.17, 15) is 9.59 Å². The van der Waals surface area contributed by atoms with E-state index in [2.05, 4.69) is 5.32 Å². The molecule has 1 aromatic rings. The Morgan fingerprint density at radius 3 is 2.81 bits per heavy atom. The Kier molecular flexibility index (Phi) is 3.84. The Balaban J connectivity index is 3.09. The van der Waals surface area contributed by atoms with Crippen LogP contribution >= 0.6 is 0 Å². The molecule has 0 spiro atoms. The van der Waals surface area contributed by atoms with Gasteiger partial charge in [-0.25, -0.2) is 0 Å². The van der Waals surface area contributed by atoms with Gasteiger partial charge in [0.05, 0.1) is 0 Å². The van der Waals surface area contributed by atoms with Gasteiger partial charge in [-0.05, 0) is 26.0 Å². The van der Waals surface area contributed by atoms with Gasteiger partial charge >= 0.3 is 0 Å². The summed E-state index contributed by atoms with van der Waals surface area (Å²) in [6, 6.07) is 4.92. The van der Waals surface area contributed by atoms with Crippen LogP contribution in [0.1, 0.15) is 18.2 Å². The lowest BCUT2D eigenvalue weighted by atomic mass is 10.2. The lowest BCUT2D eigenvalue weighted by Crippen LogP contribution is -2.33. The third-order valence-corrected chi connectivity index (χ3v) is 2.19. The third-order valence-electron chi connectivity index (χ3n) is 2.19. The van der Waals surface area contributed by atoms with E-state index in [1.807, 2.05) is 0 Å². The maximum absolute atomic E-state index is 11.7. The number of nitriles is 1. The monoisotopic (exact) mass is 219 g/mol. The van der Waals surface area contributed by atoms with Crippen molar-refractivity contribution in [3.8, 4) is 6.07 Å². The highest BCUT2D eigenvalue weighted by Crippen LogP contribution is 1.97. The summed E-state index contributed by atoms with van der Waals surface area (Å²) in [6.45, 7) is 4.00. The second-order valence-electron chi connectivity index (χ2n) is 3.34. The number of aryl methyl sites for hydroxylation is 1. The van der Waals surface area contributed by atoms with E-state index >= 15 is 0 Å². The van der Waals surface area contributed by atoms with Crippen molar-refractivity contribution in [3.63, 3.8) is 0 Å². The highest BCUT2D eigenvalue weighted by molar-refractivity contribution is 5.75. The van der Waals surface area contributed by atoms with Crippen LogP contribution in [0.3, 0.4) is 0 Å². The van der Waals surface area contributed by atoms with Crippen LogP contribution in [0.25, 0.3) is 0 Å². The Hall–Kier alpha value is -2.09. The maximum atomic E-state index is 11.7. The Morgan fingerprint density at radius 2 is 2.25 bits per heavy atom. The van der Waals surface area contributed by atoms with Crippen molar-refractivity contribution < 1.29 is 4.79 Å². The fourth-order valence-electron chi connectivity index (χ4n) is 1.35. The molecule has 0 saturated carbocycles. The largest absolute Gasteiger partial charge is 0.355 e. The molecule has 0 aromatic carbocycles. The van der Waals surface area contributed by atoms with Gasteiger partial charge in [0.1, 0.15) is 18.2 Å². The lowest BCUT2D eigenvalue weighted by Gasteiger charge is -2.09. The zero-order valence-corrected chi connectivity index (χ0v) is 9.28. The molecule has 1 N–H and O–H groups in total. The van der Waals surface area contributed by atoms with Gasteiger partial charge in [0.15, 0.2) is 0 Å². The quantitative estimate of drug-likeness (QED) is 0.787. The maximum Gasteiger partial charge on any atom is 0.269 e. The molecule has 84 valence electrons. The molecule has 0 fully saturated rings. The molecule has 0 saturated heterocycles. The standard InChI is InChI=1S/C11H13N3O2/c1-3-13-10(15)7-14-8(2)4-5-9(6-12)11(14)16/h4-5H,3,7H2,1-2H3,(H,13,15). The van der Waals surface area contributed by atoms with Crippen LogP contribution < -0.4 is 10.9 Å². The number of nitrogens with zero attached hydrogens (tertiary/aromatic N) is 2. The Labute approximate surface area is 93.3 Å². The van der Waals surface area contributed by atoms with Gasteiger partial charge in [-0.2, -0.15) is 5.26 Å². The van der Waals surface area contributed by atoms with Crippen molar-refractivity contribution in [2.24, 2.45) is 0 Å². The van der Waals surface area contributed by atoms with E-state index in [1.54, 1.807) is 26.0 Å². The van der Waals surface area contributed by atoms with Crippen LogP contribution in [0.4, 0.5) is 0 Å². The average Bonchev–Trinajstić information content (AvgIpc) is 2.25. The van der Waals surface area contributed by atoms with Crippen LogP contribution in [0.15, 0.2) is 16.9 Å². The minimum absolute atomic E-state index is 0.0476. The van der Waals surface area contributed by atoms with Gasteiger partial charge in [0.2, 0.25) is 5.91 Å². The average molecular weight is 219 g/mol. The van der Waals surface area contributed by atoms with E-state index < -0.39 is 5.56 Å². The number of hydrogen-bond donors (Lipinski definition) is 1. The normalized spacial score (nSPS) is 9.56. The molecular formula is C11H13N3O2. The minimum atomic E-state index is -0.422. The van der Waals surface area contributed by atoms with E-state index in [0.29, 0.717) is 12.2 Å². The van der Waals surface area contributed by atoms with Crippen LogP contribution in [-0.2, 0) is 11.3 Å². The number of aromatic nitrogens is 1. The zero-order valence-electron chi connectivity index (χ0n) is 9.28. The highest BCUT2D eigenvalue weighted by atomic mass is 16.2. The number of rotatable bonds is 3. The van der Waals surface area contributed by atoms with Crippen molar-refractivity contribution in [1.29, 1.82) is 5.26 Å². The SMILES string of the molecule is CCNC(=O)Cn1c(C)ccc(C#N)c1=O. The van der Waals surface area contributed by atoms with Gasteiger partial charge in [-0.3, -0.25) is 9.59 Å². The molecule has 0 unspecified atom stereocenters. The lowest BCUT2D eigenvalue weighted by molar-refractivity contribution is -0.121. The number of hydrogen-bond acceptors (Lipinski definition) is 3. The molecule has 0 bridgehead atoms. The molecule has 1 rings (SSSR count). The number of carbonyl (C=O) groups excluding carboxylic acids is 1. The second-order valence-corrected chi connectivity index (χ2v) is 3.34. The first-order valence-corrected chi connectivity index (χ1v) is 4.97. The molecule has 0 aliphatic rings. The van der Waals surface area contributed by atoms with Gasteiger partial charge in [-0.1, -0.05) is 0 Å². The van der Waals surface area contributed by atoms with Crippen LogP contribution in [0, 0.1) is 18.3 Å². The van der Waals surface area contributed by atoms with Crippen molar-refractivity contribution in [3.05, 3.63) is 33.7 Å². The first-order valence-electron chi connectivity index (χ1n) is 4.97. The van der Waals surface area contributed by atoms with Gasteiger partial charge in [0, 0.05) is 12.2 Å². The van der Waals surface area contributed by atoms with Crippen molar-refractivity contribution in [2.75, 3.05) is 6.54 Å². The number of likely N-dealkylation sites (N-methyl/N-ethyl adjacent to an activating group) is 1. The molecule has 5 heteroatoms. The summed E-state index contributed by atoms with van der Waals surface area (Å²) >= 11 is 0. The second kappa shape index (κ2) is 5.12. The van der Waals surface area contributed by atoms with E-state index in [4.69, 9.17) is 5.26 Å². The predicted molar refractivity (Wildman–Crippen MR) is 58.8 cm³/mol. The fourth-order valence-corrected chi connectivity index (χ4v) is 1.35. The molecule has 0 aliphatic heterocycles. The summed E-state index contributed by atoms with van der Waals surface area (Å²) in [5.74, 6) is -0.234. The third kappa shape index (κ3) is 2.48. The molecule has 0 atom stereocenters. The van der Waals surface area contributed by atoms with Gasteiger partial charge < -0.3 is 9.88 Å². The summed E-state index contributed by atoms with van der Waals surface area (Å²) in [5, 5.41) is 11.3. The number of nitrogens with one attached hydrogen (secondary N) is 1. The molecule has 0 aliphatic carbocycles. The summed E-state index contributed by atoms with van der Waals surface area (Å²) < 4.78 is 1.30. The Bertz CT molecular complexity index is 497. The predicted octanol–water partition coefficient (Wildman–Crippen LogP) is 0.164. The van der Waals surface area contributed by atoms with Crippen molar-refractivity contribution in [1.82, 2.24) is 9.88 Å². The highest BCUT2D eigenvalue weighted by Gasteiger charge is 2.08. The molecular weight excluding hydrogens is 206 g/mol. The summed E-state index contributed by atoms with van der Waals surface area (Å²) in [7, 11) is 0. The van der Waals surface area contributed by atoms with Crippen LogP contribution in [0.2, 0.25) is 0 Å². The van der Waals surface area contributed by atoms with E-state index in [1.165, 1.54) is 10.6 Å². The topological polar surface area (TPSA) is 74.9 Å². The summed E-state index contributed by atoms with van der Waals surface area (Å²) in [4.78, 5) is 23.1. The number of pyridine rings is 1. The smallest absolute Gasteiger partial charge is 0.269 e. The van der Waals surface area contributed by atoms with Gasteiger partial charge in [0.25, 0.3) is 5.56 Å². The van der Waals surface area contributed by atoms with Crippen molar-refractivity contribution in [2.45, 2.75) is 20.4 Å². The number of amides is 1. The summed E-state index contributed by atoms with van der Waals surface area (Å²) in [6.07, 6.45) is 0. The number of carbonyl (C=O) groups is 1. The first kappa shape index (κ1) is 12.0. The van der Waals surface area contributed by atoms with Crippen molar-refractivity contribution >= 4 is 5.91 Å². The zero-order chi connectivity index (χ0) is 12.1. The molecule has 16 heavy (non-hydrogen) atoms. The van der Waals surface area contributed by atoms with Gasteiger partial charge in [-0.15, -0.1) is 0 Å². The fraction of sp³-hybridized carbons (Fsp3) is 0.364. The molecule has 1 amide bonds. The van der Waals surface area contributed by atoms with Crippen LogP contribution in [-0.4, -0.2) is 17.0 Å². The minimum Gasteiger partial charge on any atom is -0.355 e. The molecule has 1 heterocycles.